The summed E-state index contributed by atoms with van der Waals surface area (Å²) in [5.74, 6) is 0. The van der Waals surface area contributed by atoms with Crippen molar-refractivity contribution >= 4 is 17.3 Å². The highest BCUT2D eigenvalue weighted by Crippen LogP contribution is 2.24. The number of azo groups is 1. The molecule has 0 heterocycles. The molecule has 1 aromatic rings. The Balaban J connectivity index is 2.86. The maximum Gasteiger partial charge on any atom is 0.242 e. The monoisotopic (exact) mass is 204 g/mol. The van der Waals surface area contributed by atoms with Crippen molar-refractivity contribution in [1.82, 2.24) is 0 Å². The van der Waals surface area contributed by atoms with E-state index in [0.717, 1.165) is 0 Å². The number of halogens is 1. The third kappa shape index (κ3) is 2.55. The number of hydrogen-bond donors (Lipinski definition) is 0. The van der Waals surface area contributed by atoms with Gasteiger partial charge in [0.15, 0.2) is 0 Å². The highest BCUT2D eigenvalue weighted by atomic mass is 35.5. The summed E-state index contributed by atoms with van der Waals surface area (Å²) < 4.78 is 0. The molecule has 0 fully saturated rings. The van der Waals surface area contributed by atoms with E-state index in [0.29, 0.717) is 10.7 Å². The largest absolute Gasteiger partial charge is 0.242 e. The van der Waals surface area contributed by atoms with Gasteiger partial charge in [0.1, 0.15) is 17.8 Å². The minimum Gasteiger partial charge on any atom is -0.195 e. The summed E-state index contributed by atoms with van der Waals surface area (Å²) in [6.45, 7) is 0. The van der Waals surface area contributed by atoms with Gasteiger partial charge in [-0.25, -0.2) is 0 Å². The van der Waals surface area contributed by atoms with Crippen molar-refractivity contribution in [3.63, 3.8) is 0 Å². The summed E-state index contributed by atoms with van der Waals surface area (Å²) >= 11 is 5.77. The van der Waals surface area contributed by atoms with Crippen LogP contribution >= 0.6 is 11.6 Å². The molecular formula is C9H5ClN4. The Hall–Kier alpha value is -1.91. The van der Waals surface area contributed by atoms with Crippen LogP contribution < -0.4 is 0 Å². The lowest BCUT2D eigenvalue weighted by Gasteiger charge is -1.94. The molecule has 1 rings (SSSR count). The van der Waals surface area contributed by atoms with Gasteiger partial charge in [-0.05, 0) is 12.1 Å². The summed E-state index contributed by atoms with van der Waals surface area (Å²) in [7, 11) is 0. The fourth-order valence-electron chi connectivity index (χ4n) is 0.733. The minimum absolute atomic E-state index is 0.436. The molecule has 0 aliphatic rings. The van der Waals surface area contributed by atoms with Crippen molar-refractivity contribution in [3.05, 3.63) is 29.3 Å². The maximum absolute atomic E-state index is 8.41. The Kier molecular flexibility index (Phi) is 3.60. The van der Waals surface area contributed by atoms with E-state index in [2.05, 4.69) is 10.2 Å². The minimum atomic E-state index is -1.08. The highest BCUT2D eigenvalue weighted by Gasteiger charge is 2.01. The lowest BCUT2D eigenvalue weighted by atomic mass is 10.3. The van der Waals surface area contributed by atoms with Crippen LogP contribution in [-0.2, 0) is 0 Å². The predicted octanol–water partition coefficient (Wildman–Crippen LogP) is 2.84. The van der Waals surface area contributed by atoms with Crippen LogP contribution in [0.5, 0.6) is 0 Å². The Bertz CT molecular complexity index is 413. The van der Waals surface area contributed by atoms with Crippen LogP contribution in [0.15, 0.2) is 34.5 Å². The quantitative estimate of drug-likeness (QED) is 0.695. The van der Waals surface area contributed by atoms with Gasteiger partial charge in [0, 0.05) is 0 Å². The molecule has 1 aromatic carbocycles. The third-order valence-corrected chi connectivity index (χ3v) is 1.70. The SMILES string of the molecule is N#CC(C#N)N=Nc1ccccc1Cl. The summed E-state index contributed by atoms with van der Waals surface area (Å²) in [4.78, 5) is 0. The van der Waals surface area contributed by atoms with E-state index in [9.17, 15) is 0 Å². The molecule has 0 N–H and O–H groups in total. The molecule has 0 amide bonds. The number of nitrogens with zero attached hydrogens (tertiary/aromatic N) is 4. The van der Waals surface area contributed by atoms with E-state index in [4.69, 9.17) is 22.1 Å². The van der Waals surface area contributed by atoms with E-state index in [1.54, 1.807) is 36.4 Å². The molecule has 68 valence electrons. The van der Waals surface area contributed by atoms with Crippen LogP contribution in [0.1, 0.15) is 0 Å². The lowest BCUT2D eigenvalue weighted by Crippen LogP contribution is -1.92. The van der Waals surface area contributed by atoms with Crippen molar-refractivity contribution in [1.29, 1.82) is 10.5 Å². The van der Waals surface area contributed by atoms with Crippen LogP contribution in [0, 0.1) is 22.7 Å². The fourth-order valence-corrected chi connectivity index (χ4v) is 0.907. The molecule has 0 atom stereocenters. The van der Waals surface area contributed by atoms with Gasteiger partial charge in [-0.2, -0.15) is 20.8 Å². The van der Waals surface area contributed by atoms with Gasteiger partial charge < -0.3 is 0 Å². The van der Waals surface area contributed by atoms with E-state index >= 15 is 0 Å². The van der Waals surface area contributed by atoms with Crippen LogP contribution in [-0.4, -0.2) is 6.04 Å². The normalized spacial score (nSPS) is 10.0. The standard InChI is InChI=1S/C9H5ClN4/c10-8-3-1-2-4-9(8)14-13-7(5-11)6-12/h1-4,7H. The van der Waals surface area contributed by atoms with Crippen molar-refractivity contribution in [2.75, 3.05) is 0 Å². The van der Waals surface area contributed by atoms with Gasteiger partial charge in [0.2, 0.25) is 6.04 Å². The molecule has 0 unspecified atom stereocenters. The Morgan fingerprint density at radius 3 is 2.43 bits per heavy atom. The first kappa shape index (κ1) is 10.2. The smallest absolute Gasteiger partial charge is 0.195 e. The van der Waals surface area contributed by atoms with Gasteiger partial charge in [0.05, 0.1) is 5.02 Å². The van der Waals surface area contributed by atoms with Crippen molar-refractivity contribution in [3.8, 4) is 12.1 Å². The summed E-state index contributed by atoms with van der Waals surface area (Å²) in [5, 5.41) is 24.5. The van der Waals surface area contributed by atoms with Gasteiger partial charge in [0.25, 0.3) is 0 Å². The predicted molar refractivity (Wildman–Crippen MR) is 51.0 cm³/mol. The second kappa shape index (κ2) is 4.96. The summed E-state index contributed by atoms with van der Waals surface area (Å²) in [6, 6.07) is 9.08. The maximum atomic E-state index is 8.41. The van der Waals surface area contributed by atoms with Crippen LogP contribution in [0.2, 0.25) is 5.02 Å². The van der Waals surface area contributed by atoms with Crippen molar-refractivity contribution in [2.45, 2.75) is 6.04 Å². The molecule has 0 saturated heterocycles. The molecule has 0 radical (unpaired) electrons. The Labute approximate surface area is 86.1 Å². The first-order chi connectivity index (χ1) is 6.77. The van der Waals surface area contributed by atoms with Gasteiger partial charge in [-0.3, -0.25) is 0 Å². The molecule has 0 saturated carbocycles. The number of rotatable bonds is 2. The van der Waals surface area contributed by atoms with Crippen LogP contribution in [0.3, 0.4) is 0 Å². The van der Waals surface area contributed by atoms with Crippen molar-refractivity contribution in [2.24, 2.45) is 10.2 Å². The van der Waals surface area contributed by atoms with Crippen LogP contribution in [0.25, 0.3) is 0 Å². The van der Waals surface area contributed by atoms with E-state index < -0.39 is 6.04 Å². The third-order valence-electron chi connectivity index (χ3n) is 1.38. The van der Waals surface area contributed by atoms with Gasteiger partial charge in [-0.15, -0.1) is 0 Å². The lowest BCUT2D eigenvalue weighted by molar-refractivity contribution is 0.949. The second-order valence-corrected chi connectivity index (χ2v) is 2.73. The Morgan fingerprint density at radius 1 is 1.21 bits per heavy atom. The average molecular weight is 205 g/mol. The molecule has 0 aliphatic carbocycles. The average Bonchev–Trinajstić information content (AvgIpc) is 2.22. The molecule has 4 nitrogen and oxygen atoms in total. The van der Waals surface area contributed by atoms with Crippen LogP contribution in [0.4, 0.5) is 5.69 Å². The zero-order chi connectivity index (χ0) is 10.4. The molecule has 0 aromatic heterocycles. The van der Waals surface area contributed by atoms with Crippen molar-refractivity contribution < 1.29 is 0 Å². The molecular weight excluding hydrogens is 200 g/mol. The first-order valence-electron chi connectivity index (χ1n) is 3.72. The molecule has 0 bridgehead atoms. The van der Waals surface area contributed by atoms with Gasteiger partial charge >= 0.3 is 0 Å². The summed E-state index contributed by atoms with van der Waals surface area (Å²) in [5.41, 5.74) is 0.449. The topological polar surface area (TPSA) is 72.3 Å². The number of nitriles is 2. The molecule has 0 aliphatic heterocycles. The summed E-state index contributed by atoms with van der Waals surface area (Å²) in [6.07, 6.45) is 0. The van der Waals surface area contributed by atoms with E-state index in [1.807, 2.05) is 0 Å². The fraction of sp³-hybridized carbons (Fsp3) is 0.111. The number of hydrogen-bond acceptors (Lipinski definition) is 4. The molecule has 5 heteroatoms. The number of benzene rings is 1. The molecule has 0 spiro atoms. The highest BCUT2D eigenvalue weighted by molar-refractivity contribution is 6.32. The zero-order valence-electron chi connectivity index (χ0n) is 7.05. The molecule has 14 heavy (non-hydrogen) atoms. The van der Waals surface area contributed by atoms with E-state index in [1.165, 1.54) is 0 Å². The van der Waals surface area contributed by atoms with E-state index in [-0.39, 0.29) is 0 Å². The second-order valence-electron chi connectivity index (χ2n) is 2.33. The Morgan fingerprint density at radius 2 is 1.86 bits per heavy atom. The zero-order valence-corrected chi connectivity index (χ0v) is 7.81. The van der Waals surface area contributed by atoms with Gasteiger partial charge in [-0.1, -0.05) is 23.7 Å². The first-order valence-corrected chi connectivity index (χ1v) is 4.10.